The van der Waals surface area contributed by atoms with Crippen LogP contribution in [0.3, 0.4) is 0 Å². The number of amides is 1. The predicted octanol–water partition coefficient (Wildman–Crippen LogP) is 1.84. The highest BCUT2D eigenvalue weighted by Crippen LogP contribution is 2.53. The molecule has 8 nitrogen and oxygen atoms in total. The summed E-state index contributed by atoms with van der Waals surface area (Å²) in [7, 11) is 1.60. The van der Waals surface area contributed by atoms with Crippen LogP contribution >= 0.6 is 27.7 Å². The molecule has 1 aromatic heterocycles. The van der Waals surface area contributed by atoms with Crippen molar-refractivity contribution in [3.05, 3.63) is 42.2 Å². The molecule has 0 radical (unpaired) electrons. The van der Waals surface area contributed by atoms with E-state index in [0.717, 1.165) is 11.3 Å². The van der Waals surface area contributed by atoms with Crippen LogP contribution in [0.2, 0.25) is 0 Å². The van der Waals surface area contributed by atoms with Crippen molar-refractivity contribution in [1.82, 2.24) is 19.9 Å². The Kier molecular flexibility index (Phi) is 5.09. The number of benzene rings is 1. The zero-order valence-electron chi connectivity index (χ0n) is 15.3. The Labute approximate surface area is 174 Å². The summed E-state index contributed by atoms with van der Waals surface area (Å²) < 4.78 is 11.8. The zero-order chi connectivity index (χ0) is 19.9. The quantitative estimate of drug-likeness (QED) is 0.364. The lowest BCUT2D eigenvalue weighted by molar-refractivity contribution is -0.161. The number of nitrogens with zero attached hydrogens (tertiary/aromatic N) is 4. The van der Waals surface area contributed by atoms with Gasteiger partial charge in [0.25, 0.3) is 0 Å². The van der Waals surface area contributed by atoms with Crippen LogP contribution < -0.4 is 4.74 Å². The number of alkyl halides is 1. The number of thioether (sulfide) groups is 1. The summed E-state index contributed by atoms with van der Waals surface area (Å²) in [6.07, 6.45) is 3.34. The second-order valence-corrected chi connectivity index (χ2v) is 9.57. The van der Waals surface area contributed by atoms with Gasteiger partial charge in [0.2, 0.25) is 5.91 Å². The molecule has 1 aromatic carbocycles. The first-order chi connectivity index (χ1) is 13.4. The van der Waals surface area contributed by atoms with Crippen LogP contribution in [-0.4, -0.2) is 59.9 Å². The molecule has 28 heavy (non-hydrogen) atoms. The van der Waals surface area contributed by atoms with E-state index in [1.54, 1.807) is 40.8 Å². The molecule has 0 bridgehead atoms. The van der Waals surface area contributed by atoms with Crippen LogP contribution in [-0.2, 0) is 27.5 Å². The van der Waals surface area contributed by atoms with Crippen molar-refractivity contribution in [3.63, 3.8) is 0 Å². The molecule has 1 amide bonds. The van der Waals surface area contributed by atoms with E-state index in [1.807, 2.05) is 31.2 Å². The number of esters is 1. The van der Waals surface area contributed by atoms with Gasteiger partial charge in [-0.3, -0.25) is 9.48 Å². The third kappa shape index (κ3) is 3.28. The van der Waals surface area contributed by atoms with Gasteiger partial charge < -0.3 is 14.4 Å². The lowest BCUT2D eigenvalue weighted by Crippen LogP contribution is -2.64. The second kappa shape index (κ2) is 7.40. The van der Waals surface area contributed by atoms with Gasteiger partial charge in [0.1, 0.15) is 28.6 Å². The first-order valence-electron chi connectivity index (χ1n) is 8.71. The first-order valence-corrected chi connectivity index (χ1v) is 10.5. The number of rotatable bonds is 6. The van der Waals surface area contributed by atoms with Gasteiger partial charge in [-0.2, -0.15) is 0 Å². The average Bonchev–Trinajstić information content (AvgIpc) is 3.30. The molecule has 4 rings (SSSR count). The van der Waals surface area contributed by atoms with Crippen molar-refractivity contribution in [2.45, 2.75) is 41.1 Å². The van der Waals surface area contributed by atoms with E-state index >= 15 is 0 Å². The summed E-state index contributed by atoms with van der Waals surface area (Å²) in [4.78, 5) is 26.8. The summed E-state index contributed by atoms with van der Waals surface area (Å²) >= 11 is 5.01. The van der Waals surface area contributed by atoms with Gasteiger partial charge in [0.05, 0.1) is 24.6 Å². The zero-order valence-corrected chi connectivity index (χ0v) is 17.7. The molecule has 4 unspecified atom stereocenters. The molecule has 148 valence electrons. The summed E-state index contributed by atoms with van der Waals surface area (Å²) in [6, 6.07) is 6.62. The molecule has 0 aliphatic carbocycles. The van der Waals surface area contributed by atoms with Gasteiger partial charge in [-0.05, 0) is 24.6 Å². The first kappa shape index (κ1) is 19.3. The highest BCUT2D eigenvalue weighted by molar-refractivity contribution is 9.10. The molecule has 0 spiro atoms. The van der Waals surface area contributed by atoms with Gasteiger partial charge in [-0.15, -0.1) is 16.9 Å². The molecule has 2 fully saturated rings. The summed E-state index contributed by atoms with van der Waals surface area (Å²) in [5.74, 6) is 0.229. The molecule has 2 aliphatic rings. The van der Waals surface area contributed by atoms with Crippen LogP contribution in [0.5, 0.6) is 5.75 Å². The molecular formula is C18H19BrN4O4S. The maximum absolute atomic E-state index is 13.0. The van der Waals surface area contributed by atoms with Gasteiger partial charge in [-0.25, -0.2) is 4.79 Å². The summed E-state index contributed by atoms with van der Waals surface area (Å²) in [6.45, 7) is 2.54. The Balaban J connectivity index is 1.51. The highest BCUT2D eigenvalue weighted by atomic mass is 79.9. The molecule has 10 heteroatoms. The van der Waals surface area contributed by atoms with Gasteiger partial charge in [-0.1, -0.05) is 33.3 Å². The monoisotopic (exact) mass is 466 g/mol. The molecule has 4 atom stereocenters. The predicted molar refractivity (Wildman–Crippen MR) is 106 cm³/mol. The molecule has 0 N–H and O–H groups in total. The van der Waals surface area contributed by atoms with Crippen molar-refractivity contribution in [2.75, 3.05) is 7.11 Å². The lowest BCUT2D eigenvalue weighted by atomic mass is 9.96. The molecule has 2 aliphatic heterocycles. The number of carbonyl (C=O) groups is 2. The average molecular weight is 467 g/mol. The molecular weight excluding hydrogens is 448 g/mol. The third-order valence-electron chi connectivity index (χ3n) is 4.97. The summed E-state index contributed by atoms with van der Waals surface area (Å²) in [5.41, 5.74) is 0.850. The molecule has 2 aromatic rings. The Morgan fingerprint density at radius 1 is 1.36 bits per heavy atom. The van der Waals surface area contributed by atoms with E-state index in [2.05, 4.69) is 26.2 Å². The van der Waals surface area contributed by atoms with Crippen LogP contribution in [0.15, 0.2) is 36.7 Å². The largest absolute Gasteiger partial charge is 0.497 e. The van der Waals surface area contributed by atoms with Crippen LogP contribution in [0.1, 0.15) is 12.5 Å². The van der Waals surface area contributed by atoms with Crippen molar-refractivity contribution < 1.29 is 19.1 Å². The van der Waals surface area contributed by atoms with E-state index < -0.39 is 16.8 Å². The maximum Gasteiger partial charge on any atom is 0.330 e. The number of carbonyl (C=O) groups excluding carboxylic acids is 2. The van der Waals surface area contributed by atoms with Crippen LogP contribution in [0.25, 0.3) is 0 Å². The molecule has 2 saturated heterocycles. The fraction of sp³-hybridized carbons (Fsp3) is 0.444. The minimum Gasteiger partial charge on any atom is -0.497 e. The van der Waals surface area contributed by atoms with Crippen LogP contribution in [0, 0.1) is 0 Å². The van der Waals surface area contributed by atoms with Crippen molar-refractivity contribution in [2.24, 2.45) is 0 Å². The normalized spacial score (nSPS) is 28.6. The lowest BCUT2D eigenvalue weighted by Gasteiger charge is -2.41. The summed E-state index contributed by atoms with van der Waals surface area (Å²) in [5, 5.41) is 7.74. The smallest absolute Gasteiger partial charge is 0.330 e. The second-order valence-electron chi connectivity index (χ2n) is 6.93. The van der Waals surface area contributed by atoms with Gasteiger partial charge in [0.15, 0.2) is 0 Å². The number of halogens is 1. The Morgan fingerprint density at radius 3 is 2.75 bits per heavy atom. The Bertz CT molecular complexity index is 878. The van der Waals surface area contributed by atoms with Crippen LogP contribution in [0.4, 0.5) is 0 Å². The topological polar surface area (TPSA) is 86.5 Å². The van der Waals surface area contributed by atoms with E-state index in [0.29, 0.717) is 6.54 Å². The van der Waals surface area contributed by atoms with E-state index in [4.69, 9.17) is 9.47 Å². The number of methoxy groups -OCH3 is 1. The minimum atomic E-state index is -0.689. The number of fused-ring (bicyclic) bond motifs is 1. The SMILES string of the molecule is COc1ccc(COC(=O)C2N3C(=O)C(Br)C3SC2(C)Cn2ccnn2)cc1. The number of hydrogen-bond acceptors (Lipinski definition) is 7. The van der Waals surface area contributed by atoms with Crippen molar-refractivity contribution in [1.29, 1.82) is 0 Å². The van der Waals surface area contributed by atoms with Crippen molar-refractivity contribution >= 4 is 39.6 Å². The Hall–Kier alpha value is -2.07. The van der Waals surface area contributed by atoms with Gasteiger partial charge >= 0.3 is 5.97 Å². The van der Waals surface area contributed by atoms with E-state index in [1.165, 1.54) is 0 Å². The fourth-order valence-corrected chi connectivity index (χ4v) is 6.04. The number of aromatic nitrogens is 3. The third-order valence-corrected chi connectivity index (χ3v) is 7.85. The highest BCUT2D eigenvalue weighted by Gasteiger charge is 2.65. The van der Waals surface area contributed by atoms with Crippen molar-refractivity contribution in [3.8, 4) is 5.75 Å². The number of ether oxygens (including phenoxy) is 2. The van der Waals surface area contributed by atoms with E-state index in [9.17, 15) is 9.59 Å². The van der Waals surface area contributed by atoms with Gasteiger partial charge in [0, 0.05) is 6.20 Å². The standard InChI is InChI=1S/C18H19BrN4O4S/c1-18(10-22-8-7-20-21-22)14(23-15(24)13(19)16(23)28-18)17(25)27-9-11-3-5-12(26-2)6-4-11/h3-8,13-14,16H,9-10H2,1-2H3. The maximum atomic E-state index is 13.0. The Morgan fingerprint density at radius 2 is 2.11 bits per heavy atom. The minimum absolute atomic E-state index is 0.0915. The number of β-lactam (4-membered cyclic amide) rings is 1. The molecule has 0 saturated carbocycles. The number of hydrogen-bond donors (Lipinski definition) is 0. The van der Waals surface area contributed by atoms with E-state index in [-0.39, 0.29) is 22.7 Å². The fourth-order valence-electron chi connectivity index (χ4n) is 3.55. The molecule has 3 heterocycles.